The molecule has 0 aliphatic carbocycles. The van der Waals surface area contributed by atoms with Crippen LogP contribution in [0.2, 0.25) is 0 Å². The van der Waals surface area contributed by atoms with E-state index in [-0.39, 0.29) is 0 Å². The van der Waals surface area contributed by atoms with E-state index in [0.29, 0.717) is 21.8 Å². The van der Waals surface area contributed by atoms with E-state index in [2.05, 4.69) is 15.9 Å². The van der Waals surface area contributed by atoms with Crippen molar-refractivity contribution in [3.63, 3.8) is 0 Å². The lowest BCUT2D eigenvalue weighted by molar-refractivity contribution is 0.112. The first kappa shape index (κ1) is 9.44. The summed E-state index contributed by atoms with van der Waals surface area (Å²) >= 11 is 3.12. The zero-order valence-electron chi connectivity index (χ0n) is 6.07. The SMILES string of the molecule is O=Cc1ccc(Br)c(B(O)O)c1. The highest BCUT2D eigenvalue weighted by molar-refractivity contribution is 9.10. The van der Waals surface area contributed by atoms with Crippen molar-refractivity contribution in [2.24, 2.45) is 0 Å². The Morgan fingerprint density at radius 3 is 2.58 bits per heavy atom. The maximum absolute atomic E-state index is 10.3. The summed E-state index contributed by atoms with van der Waals surface area (Å²) in [4.78, 5) is 10.3. The van der Waals surface area contributed by atoms with Gasteiger partial charge in [-0.2, -0.15) is 0 Å². The number of benzene rings is 1. The normalized spacial score (nSPS) is 9.58. The van der Waals surface area contributed by atoms with Crippen molar-refractivity contribution in [3.05, 3.63) is 28.2 Å². The van der Waals surface area contributed by atoms with Gasteiger partial charge in [0, 0.05) is 10.0 Å². The van der Waals surface area contributed by atoms with Crippen LogP contribution in [0.5, 0.6) is 0 Å². The average Bonchev–Trinajstić information content (AvgIpc) is 2.05. The summed E-state index contributed by atoms with van der Waals surface area (Å²) in [5, 5.41) is 17.7. The molecule has 0 atom stereocenters. The van der Waals surface area contributed by atoms with Gasteiger partial charge < -0.3 is 10.0 Å². The number of hydrogen-bond donors (Lipinski definition) is 2. The highest BCUT2D eigenvalue weighted by Gasteiger charge is 2.14. The zero-order valence-corrected chi connectivity index (χ0v) is 7.65. The van der Waals surface area contributed by atoms with Crippen molar-refractivity contribution < 1.29 is 14.8 Å². The smallest absolute Gasteiger partial charge is 0.423 e. The highest BCUT2D eigenvalue weighted by Crippen LogP contribution is 2.07. The van der Waals surface area contributed by atoms with Gasteiger partial charge in [-0.25, -0.2) is 0 Å². The molecule has 0 amide bonds. The molecule has 62 valence electrons. The molecule has 2 N–H and O–H groups in total. The standard InChI is InChI=1S/C7H6BBrO3/c9-7-2-1-5(4-10)3-6(7)8(11)12/h1-4,11-12H. The molecule has 3 nitrogen and oxygen atoms in total. The number of carbonyl (C=O) groups is 1. The fraction of sp³-hybridized carbons (Fsp3) is 0. The largest absolute Gasteiger partial charge is 0.489 e. The summed E-state index contributed by atoms with van der Waals surface area (Å²) in [6, 6.07) is 4.60. The van der Waals surface area contributed by atoms with Gasteiger partial charge in [-0.3, -0.25) is 4.79 Å². The molecule has 0 bridgehead atoms. The second kappa shape index (κ2) is 3.84. The molecule has 0 spiro atoms. The van der Waals surface area contributed by atoms with Crippen molar-refractivity contribution in [2.75, 3.05) is 0 Å². The van der Waals surface area contributed by atoms with Crippen LogP contribution in [-0.2, 0) is 0 Å². The zero-order chi connectivity index (χ0) is 9.14. The van der Waals surface area contributed by atoms with Gasteiger partial charge in [0.05, 0.1) is 0 Å². The second-order valence-corrected chi connectivity index (χ2v) is 3.13. The Hall–Kier alpha value is -0.645. The Morgan fingerprint density at radius 2 is 2.08 bits per heavy atom. The first-order valence-electron chi connectivity index (χ1n) is 3.26. The van der Waals surface area contributed by atoms with E-state index >= 15 is 0 Å². The molecular formula is C7H6BBrO3. The predicted octanol–water partition coefficient (Wildman–Crippen LogP) is -0.0586. The van der Waals surface area contributed by atoms with Gasteiger partial charge in [0.1, 0.15) is 6.29 Å². The molecule has 0 aromatic heterocycles. The first-order valence-corrected chi connectivity index (χ1v) is 4.05. The van der Waals surface area contributed by atoms with E-state index in [0.717, 1.165) is 0 Å². The average molecular weight is 229 g/mol. The maximum Gasteiger partial charge on any atom is 0.489 e. The maximum atomic E-state index is 10.3. The molecule has 0 radical (unpaired) electrons. The van der Waals surface area contributed by atoms with Crippen molar-refractivity contribution in [1.82, 2.24) is 0 Å². The molecule has 0 unspecified atom stereocenters. The molecule has 1 aromatic rings. The third-order valence-electron chi connectivity index (χ3n) is 1.43. The molecule has 1 aromatic carbocycles. The third-order valence-corrected chi connectivity index (χ3v) is 2.16. The Morgan fingerprint density at radius 1 is 1.42 bits per heavy atom. The first-order chi connectivity index (χ1) is 5.65. The minimum atomic E-state index is -1.56. The van der Waals surface area contributed by atoms with Crippen molar-refractivity contribution in [1.29, 1.82) is 0 Å². The summed E-state index contributed by atoms with van der Waals surface area (Å²) < 4.78 is 0.572. The molecule has 0 saturated heterocycles. The number of halogens is 1. The molecule has 0 aliphatic rings. The highest BCUT2D eigenvalue weighted by atomic mass is 79.9. The number of carbonyl (C=O) groups excluding carboxylic acids is 1. The second-order valence-electron chi connectivity index (χ2n) is 2.27. The lowest BCUT2D eigenvalue weighted by Gasteiger charge is -2.02. The van der Waals surface area contributed by atoms with Gasteiger partial charge in [0.2, 0.25) is 0 Å². The molecule has 5 heteroatoms. The number of aldehydes is 1. The Balaban J connectivity index is 3.16. The molecule has 0 saturated carbocycles. The van der Waals surface area contributed by atoms with Crippen LogP contribution in [0, 0.1) is 0 Å². The molecular weight excluding hydrogens is 223 g/mol. The van der Waals surface area contributed by atoms with Crippen molar-refractivity contribution in [3.8, 4) is 0 Å². The molecule has 0 heterocycles. The van der Waals surface area contributed by atoms with E-state index in [1.807, 2.05) is 0 Å². The third kappa shape index (κ3) is 1.94. The van der Waals surface area contributed by atoms with Gasteiger partial charge in [0.15, 0.2) is 0 Å². The number of rotatable bonds is 2. The van der Waals surface area contributed by atoms with Gasteiger partial charge in [0.25, 0.3) is 0 Å². The summed E-state index contributed by atoms with van der Waals surface area (Å²) in [6.07, 6.45) is 0.651. The minimum Gasteiger partial charge on any atom is -0.423 e. The summed E-state index contributed by atoms with van der Waals surface area (Å²) in [7, 11) is -1.56. The van der Waals surface area contributed by atoms with Crippen LogP contribution >= 0.6 is 15.9 Å². The van der Waals surface area contributed by atoms with Crippen LogP contribution in [0.1, 0.15) is 10.4 Å². The molecule has 12 heavy (non-hydrogen) atoms. The fourth-order valence-electron chi connectivity index (χ4n) is 0.833. The van der Waals surface area contributed by atoms with Gasteiger partial charge >= 0.3 is 7.12 Å². The van der Waals surface area contributed by atoms with E-state index in [9.17, 15) is 4.79 Å². The van der Waals surface area contributed by atoms with Crippen LogP contribution in [0.25, 0.3) is 0 Å². The quantitative estimate of drug-likeness (QED) is 0.551. The van der Waals surface area contributed by atoms with Gasteiger partial charge in [-0.1, -0.05) is 28.1 Å². The Bertz CT molecular complexity index is 301. The van der Waals surface area contributed by atoms with Crippen LogP contribution in [-0.4, -0.2) is 23.5 Å². The summed E-state index contributed by atoms with van der Waals surface area (Å²) in [6.45, 7) is 0. The van der Waals surface area contributed by atoms with Gasteiger partial charge in [-0.05, 0) is 11.5 Å². The van der Waals surface area contributed by atoms with E-state index in [4.69, 9.17) is 10.0 Å². The fourth-order valence-corrected chi connectivity index (χ4v) is 1.28. The molecule has 0 aliphatic heterocycles. The summed E-state index contributed by atoms with van der Waals surface area (Å²) in [5.74, 6) is 0. The van der Waals surface area contributed by atoms with Crippen LogP contribution in [0.15, 0.2) is 22.7 Å². The van der Waals surface area contributed by atoms with E-state index in [1.54, 1.807) is 12.1 Å². The lowest BCUT2D eigenvalue weighted by Crippen LogP contribution is -2.31. The monoisotopic (exact) mass is 228 g/mol. The Kier molecular flexibility index (Phi) is 3.02. The molecule has 1 rings (SSSR count). The van der Waals surface area contributed by atoms with Crippen LogP contribution in [0.4, 0.5) is 0 Å². The van der Waals surface area contributed by atoms with Crippen molar-refractivity contribution in [2.45, 2.75) is 0 Å². The number of hydrogen-bond acceptors (Lipinski definition) is 3. The van der Waals surface area contributed by atoms with Crippen molar-refractivity contribution >= 4 is 34.8 Å². The molecule has 0 fully saturated rings. The topological polar surface area (TPSA) is 57.5 Å². The predicted molar refractivity (Wildman–Crippen MR) is 49.4 cm³/mol. The minimum absolute atomic E-state index is 0.291. The van der Waals surface area contributed by atoms with E-state index in [1.165, 1.54) is 6.07 Å². The lowest BCUT2D eigenvalue weighted by atomic mass is 9.80. The Labute approximate surface area is 78.3 Å². The van der Waals surface area contributed by atoms with E-state index < -0.39 is 7.12 Å². The van der Waals surface area contributed by atoms with Crippen LogP contribution < -0.4 is 5.46 Å². The van der Waals surface area contributed by atoms with Crippen LogP contribution in [0.3, 0.4) is 0 Å². The van der Waals surface area contributed by atoms with Gasteiger partial charge in [-0.15, -0.1) is 0 Å². The summed E-state index contributed by atoms with van der Waals surface area (Å²) in [5.41, 5.74) is 0.709.